The van der Waals surface area contributed by atoms with Gasteiger partial charge in [-0.1, -0.05) is 17.7 Å². The van der Waals surface area contributed by atoms with Crippen LogP contribution in [0.3, 0.4) is 0 Å². The van der Waals surface area contributed by atoms with Crippen LogP contribution >= 0.6 is 11.6 Å². The Morgan fingerprint density at radius 2 is 1.54 bits per heavy atom. The van der Waals surface area contributed by atoms with Crippen LogP contribution in [0.4, 0.5) is 0 Å². The third kappa shape index (κ3) is 6.66. The van der Waals surface area contributed by atoms with E-state index in [1.165, 1.54) is 0 Å². The second-order valence-corrected chi connectivity index (χ2v) is 6.19. The second-order valence-electron chi connectivity index (χ2n) is 5.75. The van der Waals surface area contributed by atoms with Gasteiger partial charge in [-0.2, -0.15) is 0 Å². The number of halogens is 1. The Kier molecular flexibility index (Phi) is 8.42. The molecule has 2 N–H and O–H groups in total. The predicted octanol–water partition coefficient (Wildman–Crippen LogP) is 2.21. The Bertz CT molecular complexity index is 796. The van der Waals surface area contributed by atoms with Crippen LogP contribution in [0.15, 0.2) is 42.5 Å². The molecule has 0 aliphatic carbocycles. The van der Waals surface area contributed by atoms with Gasteiger partial charge in [-0.15, -0.1) is 0 Å². The van der Waals surface area contributed by atoms with E-state index in [0.717, 1.165) is 5.56 Å². The lowest BCUT2D eigenvalue weighted by Crippen LogP contribution is -2.42. The molecule has 0 fully saturated rings. The maximum atomic E-state index is 11.8. The van der Waals surface area contributed by atoms with Gasteiger partial charge in [0, 0.05) is 11.6 Å². The first-order valence-electron chi connectivity index (χ1n) is 8.68. The van der Waals surface area contributed by atoms with E-state index in [1.54, 1.807) is 44.6 Å². The lowest BCUT2D eigenvalue weighted by molar-refractivity contribution is -0.139. The van der Waals surface area contributed by atoms with Crippen molar-refractivity contribution in [3.63, 3.8) is 0 Å². The predicted molar refractivity (Wildman–Crippen MR) is 106 cm³/mol. The van der Waals surface area contributed by atoms with Gasteiger partial charge in [0.1, 0.15) is 12.4 Å². The van der Waals surface area contributed by atoms with E-state index in [2.05, 4.69) is 10.6 Å². The number of ether oxygens (including phenoxy) is 3. The largest absolute Gasteiger partial charge is 0.493 e. The molecule has 2 aromatic carbocycles. The SMILES string of the molecule is COc1ccc(CCNC(=O)C(=O)NCCOc2ccc(Cl)cc2)cc1OC. The van der Waals surface area contributed by atoms with Gasteiger partial charge in [-0.3, -0.25) is 9.59 Å². The molecular formula is C20H23ClN2O5. The molecule has 0 radical (unpaired) electrons. The number of carbonyl (C=O) groups excluding carboxylic acids is 2. The Morgan fingerprint density at radius 3 is 2.18 bits per heavy atom. The zero-order chi connectivity index (χ0) is 20.4. The van der Waals surface area contributed by atoms with Crippen LogP contribution in [0.2, 0.25) is 5.02 Å². The van der Waals surface area contributed by atoms with Gasteiger partial charge in [-0.25, -0.2) is 0 Å². The summed E-state index contributed by atoms with van der Waals surface area (Å²) < 4.78 is 15.9. The van der Waals surface area contributed by atoms with Crippen LogP contribution in [0.25, 0.3) is 0 Å². The number of benzene rings is 2. The molecule has 0 saturated carbocycles. The van der Waals surface area contributed by atoms with Gasteiger partial charge in [0.05, 0.1) is 20.8 Å². The van der Waals surface area contributed by atoms with E-state index >= 15 is 0 Å². The molecule has 150 valence electrons. The van der Waals surface area contributed by atoms with E-state index in [9.17, 15) is 9.59 Å². The summed E-state index contributed by atoms with van der Waals surface area (Å²) in [4.78, 5) is 23.6. The van der Waals surface area contributed by atoms with Gasteiger partial charge >= 0.3 is 11.8 Å². The Hall–Kier alpha value is -2.93. The molecule has 0 bridgehead atoms. The zero-order valence-corrected chi connectivity index (χ0v) is 16.5. The summed E-state index contributed by atoms with van der Waals surface area (Å²) in [6.07, 6.45) is 0.555. The maximum Gasteiger partial charge on any atom is 0.309 e. The zero-order valence-electron chi connectivity index (χ0n) is 15.8. The Labute approximate surface area is 168 Å². The van der Waals surface area contributed by atoms with Crippen molar-refractivity contribution in [1.29, 1.82) is 0 Å². The normalized spacial score (nSPS) is 10.1. The fourth-order valence-corrected chi connectivity index (χ4v) is 2.51. The first-order valence-corrected chi connectivity index (χ1v) is 9.06. The van der Waals surface area contributed by atoms with Gasteiger partial charge < -0.3 is 24.8 Å². The van der Waals surface area contributed by atoms with Crippen molar-refractivity contribution in [2.75, 3.05) is 33.9 Å². The number of hydrogen-bond acceptors (Lipinski definition) is 5. The molecule has 2 amide bonds. The average Bonchev–Trinajstić information content (AvgIpc) is 2.72. The number of amides is 2. The standard InChI is InChI=1S/C20H23ClN2O5/c1-26-17-8-3-14(13-18(17)27-2)9-10-22-19(24)20(25)23-11-12-28-16-6-4-15(21)5-7-16/h3-8,13H,9-12H2,1-2H3,(H,22,24)(H,23,25). The summed E-state index contributed by atoms with van der Waals surface area (Å²) in [5.74, 6) is 0.497. The first kappa shape index (κ1) is 21.4. The molecule has 0 aromatic heterocycles. The van der Waals surface area contributed by atoms with Crippen LogP contribution in [-0.4, -0.2) is 45.7 Å². The minimum atomic E-state index is -0.702. The lowest BCUT2D eigenvalue weighted by atomic mass is 10.1. The third-order valence-corrected chi connectivity index (χ3v) is 4.08. The van der Waals surface area contributed by atoms with Crippen molar-refractivity contribution in [2.24, 2.45) is 0 Å². The van der Waals surface area contributed by atoms with Gasteiger partial charge in [-0.05, 0) is 48.4 Å². The molecule has 0 spiro atoms. The molecule has 8 heteroatoms. The molecule has 7 nitrogen and oxygen atoms in total. The number of rotatable bonds is 9. The molecule has 0 aliphatic heterocycles. The fraction of sp³-hybridized carbons (Fsp3) is 0.300. The third-order valence-electron chi connectivity index (χ3n) is 3.82. The van der Waals surface area contributed by atoms with Crippen LogP contribution in [0, 0.1) is 0 Å². The molecule has 0 unspecified atom stereocenters. The minimum absolute atomic E-state index is 0.213. The highest BCUT2D eigenvalue weighted by Crippen LogP contribution is 2.27. The number of nitrogens with one attached hydrogen (secondary N) is 2. The highest BCUT2D eigenvalue weighted by atomic mass is 35.5. The minimum Gasteiger partial charge on any atom is -0.493 e. The van der Waals surface area contributed by atoms with Crippen molar-refractivity contribution in [3.05, 3.63) is 53.1 Å². The summed E-state index contributed by atoms with van der Waals surface area (Å²) in [5, 5.41) is 5.71. The smallest absolute Gasteiger partial charge is 0.309 e. The van der Waals surface area contributed by atoms with Crippen molar-refractivity contribution in [3.8, 4) is 17.2 Å². The highest BCUT2D eigenvalue weighted by molar-refractivity contribution is 6.35. The molecule has 2 rings (SSSR count). The molecule has 28 heavy (non-hydrogen) atoms. The molecule has 0 atom stereocenters. The molecule has 2 aromatic rings. The molecule has 0 saturated heterocycles. The van der Waals surface area contributed by atoms with E-state index < -0.39 is 11.8 Å². The number of carbonyl (C=O) groups is 2. The van der Waals surface area contributed by atoms with Gasteiger partial charge in [0.15, 0.2) is 11.5 Å². The molecule has 0 heterocycles. The quantitative estimate of drug-likeness (QED) is 0.492. The van der Waals surface area contributed by atoms with Crippen molar-refractivity contribution in [1.82, 2.24) is 10.6 Å². The summed E-state index contributed by atoms with van der Waals surface area (Å²) in [7, 11) is 3.13. The first-order chi connectivity index (χ1) is 13.5. The molecule has 0 aliphatic rings. The fourth-order valence-electron chi connectivity index (χ4n) is 2.38. The summed E-state index contributed by atoms with van der Waals surface area (Å²) in [5.41, 5.74) is 0.953. The van der Waals surface area contributed by atoms with E-state index in [1.807, 2.05) is 12.1 Å². The number of methoxy groups -OCH3 is 2. The summed E-state index contributed by atoms with van der Waals surface area (Å²) in [6.45, 7) is 0.778. The van der Waals surface area contributed by atoms with Crippen LogP contribution < -0.4 is 24.8 Å². The Balaban J connectivity index is 1.66. The van der Waals surface area contributed by atoms with Crippen molar-refractivity contribution >= 4 is 23.4 Å². The molecular weight excluding hydrogens is 384 g/mol. The maximum absolute atomic E-state index is 11.8. The lowest BCUT2D eigenvalue weighted by Gasteiger charge is -2.10. The summed E-state index contributed by atoms with van der Waals surface area (Å²) >= 11 is 5.79. The van der Waals surface area contributed by atoms with Gasteiger partial charge in [0.25, 0.3) is 0 Å². The van der Waals surface area contributed by atoms with E-state index in [-0.39, 0.29) is 13.2 Å². The number of hydrogen-bond donors (Lipinski definition) is 2. The second kappa shape index (κ2) is 11.0. The van der Waals surface area contributed by atoms with E-state index in [0.29, 0.717) is 35.2 Å². The topological polar surface area (TPSA) is 85.9 Å². The van der Waals surface area contributed by atoms with Crippen LogP contribution in [0.1, 0.15) is 5.56 Å². The summed E-state index contributed by atoms with van der Waals surface area (Å²) in [6, 6.07) is 12.4. The van der Waals surface area contributed by atoms with Crippen molar-refractivity contribution in [2.45, 2.75) is 6.42 Å². The van der Waals surface area contributed by atoms with Crippen molar-refractivity contribution < 1.29 is 23.8 Å². The van der Waals surface area contributed by atoms with Gasteiger partial charge in [0.2, 0.25) is 0 Å². The Morgan fingerprint density at radius 1 is 0.893 bits per heavy atom. The van der Waals surface area contributed by atoms with Crippen LogP contribution in [-0.2, 0) is 16.0 Å². The van der Waals surface area contributed by atoms with Crippen LogP contribution in [0.5, 0.6) is 17.2 Å². The monoisotopic (exact) mass is 406 g/mol. The highest BCUT2D eigenvalue weighted by Gasteiger charge is 2.12. The van der Waals surface area contributed by atoms with E-state index in [4.69, 9.17) is 25.8 Å². The average molecular weight is 407 g/mol.